The van der Waals surface area contributed by atoms with E-state index < -0.39 is 11.6 Å². The third-order valence-corrected chi connectivity index (χ3v) is 3.01. The molecule has 1 heterocycles. The van der Waals surface area contributed by atoms with E-state index in [4.69, 9.17) is 0 Å². The van der Waals surface area contributed by atoms with Crippen LogP contribution in [0.15, 0.2) is 18.2 Å². The number of halogens is 2. The van der Waals surface area contributed by atoms with Gasteiger partial charge in [-0.3, -0.25) is 14.5 Å². The minimum Gasteiger partial charge on any atom is -0.300 e. The van der Waals surface area contributed by atoms with Gasteiger partial charge in [0.25, 0.3) is 0 Å². The Morgan fingerprint density at radius 2 is 1.89 bits per heavy atom. The normalized spacial score (nSPS) is 16.9. The van der Waals surface area contributed by atoms with E-state index in [0.717, 1.165) is 12.1 Å². The lowest BCUT2D eigenvalue weighted by atomic mass is 10.1. The summed E-state index contributed by atoms with van der Waals surface area (Å²) >= 11 is 0. The molecule has 1 aromatic carbocycles. The van der Waals surface area contributed by atoms with Crippen LogP contribution in [0.5, 0.6) is 0 Å². The van der Waals surface area contributed by atoms with Gasteiger partial charge in [-0.1, -0.05) is 0 Å². The maximum atomic E-state index is 13.4. The molecular formula is C13H13F2NO2. The molecule has 1 fully saturated rings. The second-order valence-corrected chi connectivity index (χ2v) is 4.36. The topological polar surface area (TPSA) is 37.4 Å². The number of rotatable bonds is 3. The van der Waals surface area contributed by atoms with Gasteiger partial charge in [-0.05, 0) is 12.1 Å². The number of nitrogens with zero attached hydrogens (tertiary/aromatic N) is 1. The molecule has 1 aliphatic heterocycles. The zero-order chi connectivity index (χ0) is 13.1. The number of carbonyl (C=O) groups excluding carboxylic acids is 2. The fourth-order valence-electron chi connectivity index (χ4n) is 1.96. The summed E-state index contributed by atoms with van der Waals surface area (Å²) in [7, 11) is 0. The summed E-state index contributed by atoms with van der Waals surface area (Å²) in [6.45, 7) is 1.11. The third kappa shape index (κ3) is 2.98. The molecule has 0 saturated carbocycles. The fraction of sp³-hybridized carbons (Fsp3) is 0.385. The number of ketones is 2. The second kappa shape index (κ2) is 5.35. The van der Waals surface area contributed by atoms with E-state index in [1.807, 2.05) is 4.90 Å². The minimum absolute atomic E-state index is 0.0653. The van der Waals surface area contributed by atoms with Crippen molar-refractivity contribution in [2.75, 3.05) is 19.6 Å². The van der Waals surface area contributed by atoms with Crippen molar-refractivity contribution in [1.82, 2.24) is 4.90 Å². The summed E-state index contributed by atoms with van der Waals surface area (Å²) in [5.74, 6) is -1.74. The van der Waals surface area contributed by atoms with Gasteiger partial charge in [0.2, 0.25) is 0 Å². The molecule has 1 saturated heterocycles. The van der Waals surface area contributed by atoms with Crippen LogP contribution in [0.1, 0.15) is 23.2 Å². The van der Waals surface area contributed by atoms with Crippen molar-refractivity contribution in [1.29, 1.82) is 0 Å². The third-order valence-electron chi connectivity index (χ3n) is 3.01. The van der Waals surface area contributed by atoms with Crippen molar-refractivity contribution in [3.63, 3.8) is 0 Å². The molecule has 0 radical (unpaired) electrons. The minimum atomic E-state index is -0.840. The number of hydrogen-bond donors (Lipinski definition) is 0. The molecule has 0 amide bonds. The SMILES string of the molecule is O=C1CCN(CC(=O)c2ccc(F)cc2F)CC1. The summed E-state index contributed by atoms with van der Waals surface area (Å²) in [6.07, 6.45) is 0.859. The standard InChI is InChI=1S/C13H13F2NO2/c14-9-1-2-11(12(15)7-9)13(18)8-16-5-3-10(17)4-6-16/h1-2,7H,3-6,8H2. The predicted octanol–water partition coefficient (Wildman–Crippen LogP) is 1.81. The summed E-state index contributed by atoms with van der Waals surface area (Å²) in [5, 5.41) is 0. The molecule has 0 aliphatic carbocycles. The first-order chi connectivity index (χ1) is 8.56. The molecule has 0 atom stereocenters. The number of carbonyl (C=O) groups is 2. The van der Waals surface area contributed by atoms with Crippen LogP contribution in [0.4, 0.5) is 8.78 Å². The van der Waals surface area contributed by atoms with E-state index >= 15 is 0 Å². The Bertz CT molecular complexity index is 478. The quantitative estimate of drug-likeness (QED) is 0.771. The highest BCUT2D eigenvalue weighted by Crippen LogP contribution is 2.12. The lowest BCUT2D eigenvalue weighted by Crippen LogP contribution is -2.37. The Morgan fingerprint density at radius 1 is 1.22 bits per heavy atom. The van der Waals surface area contributed by atoms with Crippen molar-refractivity contribution in [2.45, 2.75) is 12.8 Å². The molecule has 0 unspecified atom stereocenters. The highest BCUT2D eigenvalue weighted by atomic mass is 19.1. The fourth-order valence-corrected chi connectivity index (χ4v) is 1.96. The van der Waals surface area contributed by atoms with Crippen LogP contribution < -0.4 is 0 Å². The zero-order valence-electron chi connectivity index (χ0n) is 9.79. The number of benzene rings is 1. The van der Waals surface area contributed by atoms with Crippen molar-refractivity contribution >= 4 is 11.6 Å². The smallest absolute Gasteiger partial charge is 0.179 e. The molecule has 5 heteroatoms. The lowest BCUT2D eigenvalue weighted by Gasteiger charge is -2.24. The van der Waals surface area contributed by atoms with Gasteiger partial charge in [0, 0.05) is 32.0 Å². The van der Waals surface area contributed by atoms with Crippen LogP contribution in [-0.4, -0.2) is 36.1 Å². The first-order valence-corrected chi connectivity index (χ1v) is 5.78. The van der Waals surface area contributed by atoms with E-state index in [-0.39, 0.29) is 23.7 Å². The Kier molecular flexibility index (Phi) is 3.81. The predicted molar refractivity (Wildman–Crippen MR) is 61.4 cm³/mol. The summed E-state index contributed by atoms with van der Waals surface area (Å²) < 4.78 is 26.1. The monoisotopic (exact) mass is 253 g/mol. The molecule has 18 heavy (non-hydrogen) atoms. The molecule has 0 spiro atoms. The van der Waals surface area contributed by atoms with Crippen LogP contribution in [0.3, 0.4) is 0 Å². The van der Waals surface area contributed by atoms with Crippen molar-refractivity contribution < 1.29 is 18.4 Å². The molecule has 0 bridgehead atoms. The van der Waals surface area contributed by atoms with Gasteiger partial charge in [-0.15, -0.1) is 0 Å². The van der Waals surface area contributed by atoms with Gasteiger partial charge in [0.1, 0.15) is 17.4 Å². The molecule has 96 valence electrons. The largest absolute Gasteiger partial charge is 0.300 e. The van der Waals surface area contributed by atoms with Crippen LogP contribution in [0.25, 0.3) is 0 Å². The number of piperidine rings is 1. The number of likely N-dealkylation sites (tertiary alicyclic amines) is 1. The second-order valence-electron chi connectivity index (χ2n) is 4.36. The lowest BCUT2D eigenvalue weighted by molar-refractivity contribution is -0.121. The Morgan fingerprint density at radius 3 is 2.50 bits per heavy atom. The average Bonchev–Trinajstić information content (AvgIpc) is 2.32. The van der Waals surface area contributed by atoms with Gasteiger partial charge in [0.05, 0.1) is 12.1 Å². The van der Waals surface area contributed by atoms with E-state index in [1.165, 1.54) is 0 Å². The van der Waals surface area contributed by atoms with Crippen LogP contribution >= 0.6 is 0 Å². The van der Waals surface area contributed by atoms with Crippen molar-refractivity contribution in [3.8, 4) is 0 Å². The molecule has 1 aromatic rings. The van der Waals surface area contributed by atoms with Gasteiger partial charge < -0.3 is 0 Å². The highest BCUT2D eigenvalue weighted by Gasteiger charge is 2.20. The molecular weight excluding hydrogens is 240 g/mol. The van der Waals surface area contributed by atoms with E-state index in [9.17, 15) is 18.4 Å². The first-order valence-electron chi connectivity index (χ1n) is 5.78. The van der Waals surface area contributed by atoms with Crippen LogP contribution in [0, 0.1) is 11.6 Å². The summed E-state index contributed by atoms with van der Waals surface area (Å²) in [4.78, 5) is 24.7. The van der Waals surface area contributed by atoms with Crippen molar-refractivity contribution in [3.05, 3.63) is 35.4 Å². The summed E-state index contributed by atoms with van der Waals surface area (Å²) in [6, 6.07) is 2.92. The van der Waals surface area contributed by atoms with Crippen LogP contribution in [0.2, 0.25) is 0 Å². The number of hydrogen-bond acceptors (Lipinski definition) is 3. The van der Waals surface area contributed by atoms with E-state index in [0.29, 0.717) is 32.0 Å². The Hall–Kier alpha value is -1.62. The average molecular weight is 253 g/mol. The molecule has 1 aliphatic rings. The maximum Gasteiger partial charge on any atom is 0.179 e. The van der Waals surface area contributed by atoms with E-state index in [1.54, 1.807) is 0 Å². The Labute approximate surface area is 103 Å². The van der Waals surface area contributed by atoms with Crippen LogP contribution in [-0.2, 0) is 4.79 Å². The first kappa shape index (κ1) is 12.8. The molecule has 0 aromatic heterocycles. The van der Waals surface area contributed by atoms with E-state index in [2.05, 4.69) is 0 Å². The molecule has 2 rings (SSSR count). The van der Waals surface area contributed by atoms with Crippen molar-refractivity contribution in [2.24, 2.45) is 0 Å². The highest BCUT2D eigenvalue weighted by molar-refractivity contribution is 5.98. The van der Waals surface area contributed by atoms with Gasteiger partial charge in [-0.2, -0.15) is 0 Å². The maximum absolute atomic E-state index is 13.4. The van der Waals surface area contributed by atoms with Gasteiger partial charge in [-0.25, -0.2) is 8.78 Å². The molecule has 0 N–H and O–H groups in total. The Balaban J connectivity index is 2.01. The summed E-state index contributed by atoms with van der Waals surface area (Å²) in [5.41, 5.74) is -0.103. The number of Topliss-reactive ketones (excluding diaryl/α,β-unsaturated/α-hetero) is 2. The molecule has 3 nitrogen and oxygen atoms in total. The van der Waals surface area contributed by atoms with Gasteiger partial charge >= 0.3 is 0 Å². The van der Waals surface area contributed by atoms with Gasteiger partial charge in [0.15, 0.2) is 5.78 Å². The zero-order valence-corrected chi connectivity index (χ0v) is 9.79.